The fourth-order valence-corrected chi connectivity index (χ4v) is 3.79. The van der Waals surface area contributed by atoms with Gasteiger partial charge in [-0.15, -0.1) is 19.0 Å². The average molecular weight is 421 g/mol. The number of piperidine rings is 1. The molecule has 1 amide bonds. The monoisotopic (exact) mass is 420 g/mol. The third-order valence-electron chi connectivity index (χ3n) is 5.23. The maximum absolute atomic E-state index is 13.2. The summed E-state index contributed by atoms with van der Waals surface area (Å²) in [6.07, 6.45) is 7.46. The molecule has 0 aliphatic carbocycles. The second kappa shape index (κ2) is 10.3. The van der Waals surface area contributed by atoms with Gasteiger partial charge in [-0.25, -0.2) is 0 Å². The molecule has 1 aromatic heterocycles. The van der Waals surface area contributed by atoms with E-state index in [2.05, 4.69) is 22.3 Å². The number of benzene rings is 1. The number of carbonyl (C=O) groups is 1. The van der Waals surface area contributed by atoms with E-state index < -0.39 is 5.54 Å². The predicted molar refractivity (Wildman–Crippen MR) is 115 cm³/mol. The Morgan fingerprint density at radius 3 is 2.69 bits per heavy atom. The summed E-state index contributed by atoms with van der Waals surface area (Å²) in [7, 11) is 3.23. The molecule has 3 rings (SSSR count). The highest BCUT2D eigenvalue weighted by Gasteiger charge is 2.41. The number of carbonyl (C=O) groups excluding carboxylic acids is 1. The van der Waals surface area contributed by atoms with Crippen molar-refractivity contribution in [3.05, 3.63) is 54.4 Å². The first kappa shape index (κ1) is 22.8. The minimum atomic E-state index is -0.657. The van der Waals surface area contributed by atoms with Gasteiger partial charge in [-0.05, 0) is 56.1 Å². The number of amides is 1. The van der Waals surface area contributed by atoms with Gasteiger partial charge in [0.2, 0.25) is 5.91 Å². The van der Waals surface area contributed by atoms with Crippen LogP contribution in [-0.4, -0.2) is 43.0 Å². The number of nitrogens with one attached hydrogen (secondary N) is 2. The lowest BCUT2D eigenvalue weighted by molar-refractivity contribution is -0.132. The molecular formula is C21H29ClN4O3. The van der Waals surface area contributed by atoms with Crippen molar-refractivity contribution in [2.45, 2.75) is 31.3 Å². The van der Waals surface area contributed by atoms with E-state index in [9.17, 15) is 4.79 Å². The summed E-state index contributed by atoms with van der Waals surface area (Å²) >= 11 is 0. The molecule has 1 saturated heterocycles. The molecule has 0 unspecified atom stereocenters. The topological polar surface area (TPSA) is 77.4 Å². The van der Waals surface area contributed by atoms with Crippen molar-refractivity contribution < 1.29 is 14.3 Å². The molecule has 0 saturated carbocycles. The fourth-order valence-electron chi connectivity index (χ4n) is 3.79. The van der Waals surface area contributed by atoms with Gasteiger partial charge in [0.15, 0.2) is 11.5 Å². The third-order valence-corrected chi connectivity index (χ3v) is 5.23. The second-order valence-electron chi connectivity index (χ2n) is 6.90. The standard InChI is InChI=1S/C21H28N4O3.ClH/c1-4-6-17-13-16(14-18(27-2)19(17)28-3)15-23-20(26)21(7-10-22-11-8-21)25-12-5-9-24-25;/h4-5,9,12-14,22H,1,6-8,10-11,15H2,2-3H3,(H,23,26);1H. The molecule has 8 heteroatoms. The van der Waals surface area contributed by atoms with E-state index in [4.69, 9.17) is 9.47 Å². The number of nitrogens with zero attached hydrogens (tertiary/aromatic N) is 2. The van der Waals surface area contributed by atoms with Crippen LogP contribution >= 0.6 is 12.4 Å². The highest BCUT2D eigenvalue weighted by atomic mass is 35.5. The molecule has 2 aromatic rings. The zero-order valence-electron chi connectivity index (χ0n) is 16.9. The molecule has 1 aliphatic rings. The average Bonchev–Trinajstić information content (AvgIpc) is 3.27. The maximum Gasteiger partial charge on any atom is 0.248 e. The van der Waals surface area contributed by atoms with Gasteiger partial charge in [0.25, 0.3) is 0 Å². The quantitative estimate of drug-likeness (QED) is 0.641. The Morgan fingerprint density at radius 2 is 2.10 bits per heavy atom. The van der Waals surface area contributed by atoms with Gasteiger partial charge in [-0.1, -0.05) is 6.08 Å². The molecule has 0 radical (unpaired) electrons. The lowest BCUT2D eigenvalue weighted by atomic mass is 9.87. The van der Waals surface area contributed by atoms with E-state index in [1.165, 1.54) is 0 Å². The van der Waals surface area contributed by atoms with Gasteiger partial charge in [0, 0.05) is 24.5 Å². The van der Waals surface area contributed by atoms with Crippen molar-refractivity contribution in [2.75, 3.05) is 27.3 Å². The summed E-state index contributed by atoms with van der Waals surface area (Å²) in [6, 6.07) is 5.77. The Hall–Kier alpha value is -2.51. The van der Waals surface area contributed by atoms with Crippen molar-refractivity contribution in [2.24, 2.45) is 0 Å². The molecule has 1 aliphatic heterocycles. The number of rotatable bonds is 8. The Labute approximate surface area is 177 Å². The van der Waals surface area contributed by atoms with Gasteiger partial charge in [0.1, 0.15) is 5.54 Å². The van der Waals surface area contributed by atoms with Crippen LogP contribution in [-0.2, 0) is 23.3 Å². The molecule has 158 valence electrons. The van der Waals surface area contributed by atoms with E-state index in [1.54, 1.807) is 25.1 Å². The Kier molecular flexibility index (Phi) is 8.10. The lowest BCUT2D eigenvalue weighted by Gasteiger charge is -2.36. The first-order chi connectivity index (χ1) is 13.6. The van der Waals surface area contributed by atoms with Crippen LogP contribution in [0.2, 0.25) is 0 Å². The van der Waals surface area contributed by atoms with E-state index in [0.717, 1.165) is 24.2 Å². The minimum Gasteiger partial charge on any atom is -0.493 e. The highest BCUT2D eigenvalue weighted by Crippen LogP contribution is 2.33. The van der Waals surface area contributed by atoms with E-state index in [1.807, 2.05) is 30.5 Å². The number of methoxy groups -OCH3 is 2. The van der Waals surface area contributed by atoms with Crippen LogP contribution in [0.25, 0.3) is 0 Å². The largest absolute Gasteiger partial charge is 0.493 e. The minimum absolute atomic E-state index is 0. The van der Waals surface area contributed by atoms with E-state index in [0.29, 0.717) is 37.3 Å². The fraction of sp³-hybridized carbons (Fsp3) is 0.429. The normalized spacial score (nSPS) is 15.1. The zero-order valence-corrected chi connectivity index (χ0v) is 17.8. The molecule has 7 nitrogen and oxygen atoms in total. The summed E-state index contributed by atoms with van der Waals surface area (Å²) in [5.41, 5.74) is 1.27. The predicted octanol–water partition coefficient (Wildman–Crippen LogP) is 2.45. The molecule has 1 aromatic carbocycles. The van der Waals surface area contributed by atoms with Crippen LogP contribution in [0.1, 0.15) is 24.0 Å². The number of hydrogen-bond donors (Lipinski definition) is 2. The molecule has 29 heavy (non-hydrogen) atoms. The van der Waals surface area contributed by atoms with Crippen LogP contribution in [0.3, 0.4) is 0 Å². The number of aromatic nitrogens is 2. The van der Waals surface area contributed by atoms with Crippen molar-refractivity contribution in [1.82, 2.24) is 20.4 Å². The van der Waals surface area contributed by atoms with Crippen molar-refractivity contribution in [3.8, 4) is 11.5 Å². The Balaban J connectivity index is 0.00000300. The summed E-state index contributed by atoms with van der Waals surface area (Å²) in [4.78, 5) is 13.2. The van der Waals surface area contributed by atoms with Crippen molar-refractivity contribution in [3.63, 3.8) is 0 Å². The molecule has 0 bridgehead atoms. The molecular weight excluding hydrogens is 392 g/mol. The number of ether oxygens (including phenoxy) is 2. The van der Waals surface area contributed by atoms with Crippen LogP contribution in [0.15, 0.2) is 43.2 Å². The highest BCUT2D eigenvalue weighted by molar-refractivity contribution is 5.85. The smallest absolute Gasteiger partial charge is 0.248 e. The summed E-state index contributed by atoms with van der Waals surface area (Å²) in [5, 5.41) is 10.8. The van der Waals surface area contributed by atoms with Gasteiger partial charge >= 0.3 is 0 Å². The number of hydrogen-bond acceptors (Lipinski definition) is 5. The third kappa shape index (κ3) is 4.74. The summed E-state index contributed by atoms with van der Waals surface area (Å²) in [5.74, 6) is 1.33. The Bertz CT molecular complexity index is 818. The summed E-state index contributed by atoms with van der Waals surface area (Å²) in [6.45, 7) is 5.78. The molecule has 2 N–H and O–H groups in total. The molecule has 0 atom stereocenters. The van der Waals surface area contributed by atoms with Crippen LogP contribution in [0.4, 0.5) is 0 Å². The molecule has 0 spiro atoms. The molecule has 1 fully saturated rings. The van der Waals surface area contributed by atoms with E-state index >= 15 is 0 Å². The SMILES string of the molecule is C=CCc1cc(CNC(=O)C2(n3cccn3)CCNCC2)cc(OC)c1OC.Cl. The Morgan fingerprint density at radius 1 is 1.34 bits per heavy atom. The maximum atomic E-state index is 13.2. The summed E-state index contributed by atoms with van der Waals surface area (Å²) < 4.78 is 12.7. The van der Waals surface area contributed by atoms with Crippen LogP contribution in [0.5, 0.6) is 11.5 Å². The second-order valence-corrected chi connectivity index (χ2v) is 6.90. The lowest BCUT2D eigenvalue weighted by Crippen LogP contribution is -2.54. The first-order valence-corrected chi connectivity index (χ1v) is 9.48. The van der Waals surface area contributed by atoms with Crippen LogP contribution < -0.4 is 20.1 Å². The first-order valence-electron chi connectivity index (χ1n) is 9.48. The molecule has 2 heterocycles. The van der Waals surface area contributed by atoms with Gasteiger partial charge in [-0.3, -0.25) is 9.48 Å². The van der Waals surface area contributed by atoms with E-state index in [-0.39, 0.29) is 18.3 Å². The van der Waals surface area contributed by atoms with Crippen molar-refractivity contribution >= 4 is 18.3 Å². The van der Waals surface area contributed by atoms with Gasteiger partial charge < -0.3 is 20.1 Å². The van der Waals surface area contributed by atoms with Gasteiger partial charge in [0.05, 0.1) is 14.2 Å². The number of halogens is 1. The zero-order chi connectivity index (χ0) is 20.0. The number of allylic oxidation sites excluding steroid dienone is 1. The van der Waals surface area contributed by atoms with Gasteiger partial charge in [-0.2, -0.15) is 5.10 Å². The van der Waals surface area contributed by atoms with Crippen molar-refractivity contribution in [1.29, 1.82) is 0 Å². The van der Waals surface area contributed by atoms with Crippen LogP contribution in [0, 0.1) is 0 Å².